The molecule has 0 saturated carbocycles. The molecular formula is C15H17NOS. The van der Waals surface area contributed by atoms with Crippen molar-refractivity contribution in [1.82, 2.24) is 4.90 Å². The van der Waals surface area contributed by atoms with Crippen molar-refractivity contribution >= 4 is 17.7 Å². The van der Waals surface area contributed by atoms with Gasteiger partial charge in [-0.2, -0.15) is 0 Å². The first-order valence-electron chi connectivity index (χ1n) is 6.46. The summed E-state index contributed by atoms with van der Waals surface area (Å²) in [6, 6.07) is 10.6. The molecule has 0 aromatic heterocycles. The SMILES string of the molecule is C=C[C@@H]1[C@H](Sc2ccccc2)C(=O)N2CCC[C@@H]12. The van der Waals surface area contributed by atoms with Gasteiger partial charge in [-0.05, 0) is 25.0 Å². The largest absolute Gasteiger partial charge is 0.338 e. The van der Waals surface area contributed by atoms with E-state index in [0.29, 0.717) is 17.9 Å². The standard InChI is InChI=1S/C15H17NOS/c1-2-12-13-9-6-10-16(13)15(17)14(12)18-11-7-4-3-5-8-11/h2-5,7-8,12-14H,1,6,9-10H2/t12-,13-,14-/m0/s1. The Labute approximate surface area is 112 Å². The van der Waals surface area contributed by atoms with E-state index in [9.17, 15) is 4.79 Å². The van der Waals surface area contributed by atoms with Crippen molar-refractivity contribution in [1.29, 1.82) is 0 Å². The van der Waals surface area contributed by atoms with Crippen LogP contribution in [-0.2, 0) is 4.79 Å². The molecule has 0 aliphatic carbocycles. The van der Waals surface area contributed by atoms with E-state index in [0.717, 1.165) is 19.4 Å². The second-order valence-electron chi connectivity index (χ2n) is 4.91. The molecule has 0 N–H and O–H groups in total. The number of carbonyl (C=O) groups is 1. The van der Waals surface area contributed by atoms with Crippen molar-refractivity contribution in [3.05, 3.63) is 43.0 Å². The van der Waals surface area contributed by atoms with Crippen molar-refractivity contribution in [3.8, 4) is 0 Å². The molecule has 2 fully saturated rings. The van der Waals surface area contributed by atoms with Crippen LogP contribution < -0.4 is 0 Å². The van der Waals surface area contributed by atoms with Gasteiger partial charge in [-0.15, -0.1) is 18.3 Å². The number of fused-ring (bicyclic) bond motifs is 1. The summed E-state index contributed by atoms with van der Waals surface area (Å²) < 4.78 is 0. The molecule has 2 nitrogen and oxygen atoms in total. The molecule has 0 bridgehead atoms. The van der Waals surface area contributed by atoms with Gasteiger partial charge in [0.05, 0.1) is 5.25 Å². The molecular weight excluding hydrogens is 242 g/mol. The predicted molar refractivity (Wildman–Crippen MR) is 74.5 cm³/mol. The van der Waals surface area contributed by atoms with Gasteiger partial charge in [0.15, 0.2) is 0 Å². The van der Waals surface area contributed by atoms with Crippen LogP contribution in [0.25, 0.3) is 0 Å². The first kappa shape index (κ1) is 11.8. The minimum atomic E-state index is 0.0233. The van der Waals surface area contributed by atoms with Gasteiger partial charge in [-0.25, -0.2) is 0 Å². The van der Waals surface area contributed by atoms with Crippen LogP contribution in [0.3, 0.4) is 0 Å². The van der Waals surface area contributed by atoms with Crippen LogP contribution in [-0.4, -0.2) is 28.6 Å². The molecule has 2 saturated heterocycles. The van der Waals surface area contributed by atoms with Gasteiger partial charge in [-0.1, -0.05) is 24.3 Å². The van der Waals surface area contributed by atoms with E-state index >= 15 is 0 Å². The lowest BCUT2D eigenvalue weighted by Gasteiger charge is -2.17. The Morgan fingerprint density at radius 1 is 1.33 bits per heavy atom. The van der Waals surface area contributed by atoms with Crippen molar-refractivity contribution in [2.45, 2.75) is 29.0 Å². The van der Waals surface area contributed by atoms with Crippen molar-refractivity contribution in [3.63, 3.8) is 0 Å². The number of benzene rings is 1. The normalized spacial score (nSPS) is 30.6. The molecule has 0 radical (unpaired) electrons. The summed E-state index contributed by atoms with van der Waals surface area (Å²) in [4.78, 5) is 15.7. The second kappa shape index (κ2) is 4.81. The third kappa shape index (κ3) is 1.87. The minimum Gasteiger partial charge on any atom is -0.338 e. The highest BCUT2D eigenvalue weighted by Crippen LogP contribution is 2.42. The van der Waals surface area contributed by atoms with Crippen molar-refractivity contribution in [2.24, 2.45) is 5.92 Å². The Morgan fingerprint density at radius 2 is 2.11 bits per heavy atom. The van der Waals surface area contributed by atoms with E-state index in [2.05, 4.69) is 23.6 Å². The van der Waals surface area contributed by atoms with Crippen molar-refractivity contribution in [2.75, 3.05) is 6.54 Å². The zero-order chi connectivity index (χ0) is 12.5. The number of rotatable bonds is 3. The fraction of sp³-hybridized carbons (Fsp3) is 0.400. The zero-order valence-corrected chi connectivity index (χ0v) is 11.1. The van der Waals surface area contributed by atoms with Gasteiger partial charge in [0.25, 0.3) is 0 Å². The van der Waals surface area contributed by atoms with Crippen molar-refractivity contribution < 1.29 is 4.79 Å². The summed E-state index contributed by atoms with van der Waals surface area (Å²) in [5.41, 5.74) is 0. The number of hydrogen-bond acceptors (Lipinski definition) is 2. The summed E-state index contributed by atoms with van der Waals surface area (Å²) in [7, 11) is 0. The maximum absolute atomic E-state index is 12.4. The first-order chi connectivity index (χ1) is 8.81. The fourth-order valence-corrected chi connectivity index (χ4v) is 4.34. The van der Waals surface area contributed by atoms with Crippen LogP contribution in [0.1, 0.15) is 12.8 Å². The summed E-state index contributed by atoms with van der Waals surface area (Å²) in [5, 5.41) is 0.0233. The van der Waals surface area contributed by atoms with Gasteiger partial charge in [0.2, 0.25) is 5.91 Å². The Morgan fingerprint density at radius 3 is 2.83 bits per heavy atom. The second-order valence-corrected chi connectivity index (χ2v) is 6.12. The summed E-state index contributed by atoms with van der Waals surface area (Å²) >= 11 is 1.69. The molecule has 3 rings (SSSR count). The highest BCUT2D eigenvalue weighted by atomic mass is 32.2. The summed E-state index contributed by atoms with van der Waals surface area (Å²) in [6.45, 7) is 4.87. The maximum atomic E-state index is 12.4. The van der Waals surface area contributed by atoms with Gasteiger partial charge < -0.3 is 4.90 Å². The highest BCUT2D eigenvalue weighted by molar-refractivity contribution is 8.00. The van der Waals surface area contributed by atoms with E-state index in [4.69, 9.17) is 0 Å². The Balaban J connectivity index is 1.83. The first-order valence-corrected chi connectivity index (χ1v) is 7.34. The monoisotopic (exact) mass is 259 g/mol. The molecule has 18 heavy (non-hydrogen) atoms. The number of nitrogens with zero attached hydrogens (tertiary/aromatic N) is 1. The van der Waals surface area contributed by atoms with E-state index in [-0.39, 0.29) is 5.25 Å². The van der Waals surface area contributed by atoms with E-state index in [1.807, 2.05) is 24.3 Å². The van der Waals surface area contributed by atoms with E-state index in [1.54, 1.807) is 11.8 Å². The molecule has 1 amide bonds. The Hall–Kier alpha value is -1.22. The molecule has 1 aromatic carbocycles. The molecule has 1 aromatic rings. The van der Waals surface area contributed by atoms with Crippen LogP contribution in [0.15, 0.2) is 47.9 Å². The molecule has 3 heteroatoms. The van der Waals surface area contributed by atoms with Crippen LogP contribution in [0.5, 0.6) is 0 Å². The minimum absolute atomic E-state index is 0.0233. The molecule has 0 spiro atoms. The lowest BCUT2D eigenvalue weighted by atomic mass is 9.98. The lowest BCUT2D eigenvalue weighted by Crippen LogP contribution is -2.29. The van der Waals surface area contributed by atoms with Gasteiger partial charge in [0.1, 0.15) is 0 Å². The zero-order valence-electron chi connectivity index (χ0n) is 10.3. The predicted octanol–water partition coefficient (Wildman–Crippen LogP) is 2.95. The van der Waals surface area contributed by atoms with Crippen LogP contribution in [0.4, 0.5) is 0 Å². The van der Waals surface area contributed by atoms with Gasteiger partial charge >= 0.3 is 0 Å². The number of carbonyl (C=O) groups excluding carboxylic acids is 1. The maximum Gasteiger partial charge on any atom is 0.237 e. The van der Waals surface area contributed by atoms with Gasteiger partial charge in [0, 0.05) is 23.4 Å². The number of hydrogen-bond donors (Lipinski definition) is 0. The van der Waals surface area contributed by atoms with Crippen LogP contribution >= 0.6 is 11.8 Å². The quantitative estimate of drug-likeness (QED) is 0.778. The lowest BCUT2D eigenvalue weighted by molar-refractivity contribution is -0.127. The molecule has 0 unspecified atom stereocenters. The molecule has 2 aliphatic rings. The highest BCUT2D eigenvalue weighted by Gasteiger charge is 2.48. The Bertz CT molecular complexity index is 459. The fourth-order valence-electron chi connectivity index (χ4n) is 3.05. The molecule has 2 heterocycles. The van der Waals surface area contributed by atoms with Crippen LogP contribution in [0.2, 0.25) is 0 Å². The van der Waals surface area contributed by atoms with E-state index in [1.165, 1.54) is 4.90 Å². The Kier molecular flexibility index (Phi) is 3.16. The third-order valence-corrected chi connectivity index (χ3v) is 5.21. The smallest absolute Gasteiger partial charge is 0.237 e. The van der Waals surface area contributed by atoms with Gasteiger partial charge in [-0.3, -0.25) is 4.79 Å². The number of thioether (sulfide) groups is 1. The van der Waals surface area contributed by atoms with Crippen LogP contribution in [0, 0.1) is 5.92 Å². The summed E-state index contributed by atoms with van der Waals surface area (Å²) in [5.74, 6) is 0.599. The average Bonchev–Trinajstić information content (AvgIpc) is 2.95. The third-order valence-electron chi connectivity index (χ3n) is 3.90. The topological polar surface area (TPSA) is 20.3 Å². The molecule has 3 atom stereocenters. The molecule has 2 aliphatic heterocycles. The summed E-state index contributed by atoms with van der Waals surface area (Å²) in [6.07, 6.45) is 4.26. The van der Waals surface area contributed by atoms with E-state index < -0.39 is 0 Å². The molecule has 94 valence electrons. The number of amides is 1. The average molecular weight is 259 g/mol.